The number of ether oxygens (including phenoxy) is 2. The molecule has 4 heteroatoms. The highest BCUT2D eigenvalue weighted by Gasteiger charge is 2.07. The molecule has 0 atom stereocenters. The molecule has 0 N–H and O–H groups in total. The van der Waals surface area contributed by atoms with Crippen molar-refractivity contribution in [3.8, 4) is 0 Å². The molecular weight excluding hydrogens is 244 g/mol. The molecule has 0 aliphatic rings. The van der Waals surface area contributed by atoms with E-state index in [-0.39, 0.29) is 24.8 Å². The standard InChI is InChI=1S/C15H26O4/c1-4-5-6-11-18-14(16)8-7-9-15(17)19-12-10-13(2)3/h2,4-12H2,1,3H3. The van der Waals surface area contributed by atoms with Crippen LogP contribution < -0.4 is 0 Å². The first-order valence-electron chi connectivity index (χ1n) is 7.02. The Morgan fingerprint density at radius 1 is 0.895 bits per heavy atom. The Balaban J connectivity index is 3.43. The van der Waals surface area contributed by atoms with Gasteiger partial charge < -0.3 is 9.47 Å². The van der Waals surface area contributed by atoms with Crippen molar-refractivity contribution in [3.05, 3.63) is 12.2 Å². The molecule has 4 nitrogen and oxygen atoms in total. The maximum absolute atomic E-state index is 11.3. The van der Waals surface area contributed by atoms with Crippen LogP contribution in [0, 0.1) is 0 Å². The van der Waals surface area contributed by atoms with Gasteiger partial charge in [0.05, 0.1) is 13.2 Å². The molecule has 0 aliphatic heterocycles. The maximum atomic E-state index is 11.3. The van der Waals surface area contributed by atoms with E-state index >= 15 is 0 Å². The number of carbonyl (C=O) groups is 2. The van der Waals surface area contributed by atoms with Gasteiger partial charge in [-0.25, -0.2) is 0 Å². The van der Waals surface area contributed by atoms with Gasteiger partial charge in [-0.1, -0.05) is 25.3 Å². The van der Waals surface area contributed by atoms with Crippen LogP contribution in [-0.2, 0) is 19.1 Å². The van der Waals surface area contributed by atoms with E-state index in [4.69, 9.17) is 9.47 Å². The van der Waals surface area contributed by atoms with Crippen LogP contribution in [0.5, 0.6) is 0 Å². The van der Waals surface area contributed by atoms with Crippen LogP contribution in [0.3, 0.4) is 0 Å². The molecule has 110 valence electrons. The number of unbranched alkanes of at least 4 members (excludes halogenated alkanes) is 2. The van der Waals surface area contributed by atoms with Crippen molar-refractivity contribution in [1.29, 1.82) is 0 Å². The predicted molar refractivity (Wildman–Crippen MR) is 74.7 cm³/mol. The number of esters is 2. The van der Waals surface area contributed by atoms with Gasteiger partial charge in [-0.3, -0.25) is 9.59 Å². The summed E-state index contributed by atoms with van der Waals surface area (Å²) in [6, 6.07) is 0. The Labute approximate surface area is 116 Å². The van der Waals surface area contributed by atoms with E-state index in [2.05, 4.69) is 13.5 Å². The SMILES string of the molecule is C=C(C)CCOC(=O)CCCC(=O)OCCCCC. The highest BCUT2D eigenvalue weighted by Crippen LogP contribution is 2.03. The van der Waals surface area contributed by atoms with Crippen molar-refractivity contribution in [2.24, 2.45) is 0 Å². The van der Waals surface area contributed by atoms with E-state index in [1.165, 1.54) is 0 Å². The second kappa shape index (κ2) is 11.8. The minimum Gasteiger partial charge on any atom is -0.466 e. The molecule has 0 heterocycles. The van der Waals surface area contributed by atoms with Crippen LogP contribution >= 0.6 is 0 Å². The topological polar surface area (TPSA) is 52.6 Å². The molecule has 0 amide bonds. The van der Waals surface area contributed by atoms with Crippen LogP contribution in [0.1, 0.15) is 58.8 Å². The van der Waals surface area contributed by atoms with Gasteiger partial charge in [0.1, 0.15) is 0 Å². The molecule has 0 rings (SSSR count). The van der Waals surface area contributed by atoms with Gasteiger partial charge in [0.15, 0.2) is 0 Å². The molecule has 0 saturated carbocycles. The lowest BCUT2D eigenvalue weighted by Crippen LogP contribution is -2.09. The fourth-order valence-corrected chi connectivity index (χ4v) is 1.40. The lowest BCUT2D eigenvalue weighted by Gasteiger charge is -2.05. The first kappa shape index (κ1) is 17.7. The van der Waals surface area contributed by atoms with Crippen molar-refractivity contribution in [1.82, 2.24) is 0 Å². The van der Waals surface area contributed by atoms with E-state index in [0.717, 1.165) is 24.8 Å². The number of rotatable bonds is 11. The maximum Gasteiger partial charge on any atom is 0.305 e. The Bertz CT molecular complexity index is 284. The second-order valence-corrected chi connectivity index (χ2v) is 4.71. The molecule has 0 aromatic heterocycles. The largest absolute Gasteiger partial charge is 0.466 e. The lowest BCUT2D eigenvalue weighted by atomic mass is 10.2. The summed E-state index contributed by atoms with van der Waals surface area (Å²) in [7, 11) is 0. The zero-order valence-electron chi connectivity index (χ0n) is 12.2. The van der Waals surface area contributed by atoms with E-state index in [1.807, 2.05) is 6.92 Å². The number of hydrogen-bond donors (Lipinski definition) is 0. The van der Waals surface area contributed by atoms with Crippen molar-refractivity contribution >= 4 is 11.9 Å². The van der Waals surface area contributed by atoms with Crippen molar-refractivity contribution < 1.29 is 19.1 Å². The Morgan fingerprint density at radius 3 is 2.00 bits per heavy atom. The number of carbonyl (C=O) groups excluding carboxylic acids is 2. The first-order chi connectivity index (χ1) is 9.06. The van der Waals surface area contributed by atoms with Crippen molar-refractivity contribution in [3.63, 3.8) is 0 Å². The molecule has 0 fully saturated rings. The Morgan fingerprint density at radius 2 is 1.47 bits per heavy atom. The molecule has 0 radical (unpaired) electrons. The van der Waals surface area contributed by atoms with Crippen LogP contribution in [0.15, 0.2) is 12.2 Å². The Kier molecular flexibility index (Phi) is 10.9. The summed E-state index contributed by atoms with van der Waals surface area (Å²) in [5, 5.41) is 0. The fourth-order valence-electron chi connectivity index (χ4n) is 1.40. The van der Waals surface area contributed by atoms with Gasteiger partial charge in [0.25, 0.3) is 0 Å². The minimum atomic E-state index is -0.264. The quantitative estimate of drug-likeness (QED) is 0.328. The van der Waals surface area contributed by atoms with Crippen LogP contribution in [0.2, 0.25) is 0 Å². The summed E-state index contributed by atoms with van der Waals surface area (Å²) in [6.07, 6.45) is 4.80. The monoisotopic (exact) mass is 270 g/mol. The van der Waals surface area contributed by atoms with Gasteiger partial charge in [0, 0.05) is 19.3 Å². The Hall–Kier alpha value is -1.32. The number of hydrogen-bond acceptors (Lipinski definition) is 4. The van der Waals surface area contributed by atoms with Gasteiger partial charge in [-0.15, -0.1) is 6.58 Å². The van der Waals surface area contributed by atoms with E-state index in [0.29, 0.717) is 26.1 Å². The van der Waals surface area contributed by atoms with Gasteiger partial charge in [-0.05, 0) is 19.8 Å². The highest BCUT2D eigenvalue weighted by molar-refractivity contribution is 5.72. The fraction of sp³-hybridized carbons (Fsp3) is 0.733. The molecular formula is C15H26O4. The molecule has 0 unspecified atom stereocenters. The third kappa shape index (κ3) is 12.9. The van der Waals surface area contributed by atoms with Crippen LogP contribution in [0.4, 0.5) is 0 Å². The second-order valence-electron chi connectivity index (χ2n) is 4.71. The third-order valence-electron chi connectivity index (χ3n) is 2.56. The molecule has 0 spiro atoms. The highest BCUT2D eigenvalue weighted by atomic mass is 16.5. The molecule has 19 heavy (non-hydrogen) atoms. The molecule has 0 bridgehead atoms. The molecule has 0 aromatic carbocycles. The summed E-state index contributed by atoms with van der Waals surface area (Å²) >= 11 is 0. The lowest BCUT2D eigenvalue weighted by molar-refractivity contribution is -0.145. The summed E-state index contributed by atoms with van der Waals surface area (Å²) in [6.45, 7) is 8.57. The first-order valence-corrected chi connectivity index (χ1v) is 7.02. The zero-order valence-corrected chi connectivity index (χ0v) is 12.2. The summed E-state index contributed by atoms with van der Waals surface area (Å²) in [5.74, 6) is -0.495. The predicted octanol–water partition coefficient (Wildman–Crippen LogP) is 3.40. The average Bonchev–Trinajstić information content (AvgIpc) is 2.34. The van der Waals surface area contributed by atoms with Gasteiger partial charge >= 0.3 is 11.9 Å². The summed E-state index contributed by atoms with van der Waals surface area (Å²) in [5.41, 5.74) is 0.989. The van der Waals surface area contributed by atoms with E-state index in [1.54, 1.807) is 0 Å². The normalized spacial score (nSPS) is 10.0. The van der Waals surface area contributed by atoms with Gasteiger partial charge in [-0.2, -0.15) is 0 Å². The minimum absolute atomic E-state index is 0.231. The zero-order chi connectivity index (χ0) is 14.5. The third-order valence-corrected chi connectivity index (χ3v) is 2.56. The smallest absolute Gasteiger partial charge is 0.305 e. The van der Waals surface area contributed by atoms with Crippen LogP contribution in [-0.4, -0.2) is 25.2 Å². The van der Waals surface area contributed by atoms with Crippen molar-refractivity contribution in [2.45, 2.75) is 58.8 Å². The molecule has 0 aliphatic carbocycles. The van der Waals surface area contributed by atoms with Crippen molar-refractivity contribution in [2.75, 3.05) is 13.2 Å². The average molecular weight is 270 g/mol. The van der Waals surface area contributed by atoms with Crippen LogP contribution in [0.25, 0.3) is 0 Å². The molecule has 0 aromatic rings. The summed E-state index contributed by atoms with van der Waals surface area (Å²) in [4.78, 5) is 22.6. The summed E-state index contributed by atoms with van der Waals surface area (Å²) < 4.78 is 10.0. The van der Waals surface area contributed by atoms with E-state index < -0.39 is 0 Å². The molecule has 0 saturated heterocycles. The van der Waals surface area contributed by atoms with Gasteiger partial charge in [0.2, 0.25) is 0 Å². The van der Waals surface area contributed by atoms with E-state index in [9.17, 15) is 9.59 Å².